The Balaban J connectivity index is 2.49. The van der Waals surface area contributed by atoms with Crippen molar-refractivity contribution in [1.82, 2.24) is 0 Å². The lowest BCUT2D eigenvalue weighted by Crippen LogP contribution is -1.88. The standard InChI is InChI=1S/C13H17NOS/c1-10-6-7-13(14)9-12(10)5-3-4-8-16-11(2)15/h3,5-7,9H,4,8,14H2,1-2H3. The van der Waals surface area contributed by atoms with Crippen molar-refractivity contribution in [3.63, 3.8) is 0 Å². The van der Waals surface area contributed by atoms with Gasteiger partial charge < -0.3 is 5.73 Å². The molecule has 0 amide bonds. The Labute approximate surface area is 101 Å². The monoisotopic (exact) mass is 235 g/mol. The maximum atomic E-state index is 10.7. The van der Waals surface area contributed by atoms with Crippen LogP contribution >= 0.6 is 11.8 Å². The summed E-state index contributed by atoms with van der Waals surface area (Å²) in [6, 6.07) is 5.88. The number of anilines is 1. The summed E-state index contributed by atoms with van der Waals surface area (Å²) in [4.78, 5) is 10.7. The molecule has 0 saturated heterocycles. The first-order chi connectivity index (χ1) is 7.59. The highest BCUT2D eigenvalue weighted by Crippen LogP contribution is 2.15. The number of hydrogen-bond acceptors (Lipinski definition) is 3. The van der Waals surface area contributed by atoms with Crippen LogP contribution in [0, 0.1) is 6.92 Å². The quantitative estimate of drug-likeness (QED) is 0.643. The molecule has 0 aliphatic carbocycles. The zero-order valence-corrected chi connectivity index (χ0v) is 10.5. The summed E-state index contributed by atoms with van der Waals surface area (Å²) in [5, 5.41) is 0.175. The fourth-order valence-corrected chi connectivity index (χ4v) is 1.86. The molecule has 86 valence electrons. The highest BCUT2D eigenvalue weighted by molar-refractivity contribution is 8.13. The SMILES string of the molecule is CC(=O)SCCC=Cc1cc(N)ccc1C. The van der Waals surface area contributed by atoms with Gasteiger partial charge in [0.2, 0.25) is 0 Å². The van der Waals surface area contributed by atoms with Gasteiger partial charge in [0.05, 0.1) is 0 Å². The predicted molar refractivity (Wildman–Crippen MR) is 72.4 cm³/mol. The molecule has 2 N–H and O–H groups in total. The van der Waals surface area contributed by atoms with Crippen LogP contribution in [0.25, 0.3) is 6.08 Å². The third kappa shape index (κ3) is 4.53. The molecule has 0 aliphatic rings. The molecule has 0 atom stereocenters. The lowest BCUT2D eigenvalue weighted by Gasteiger charge is -2.01. The average molecular weight is 235 g/mol. The maximum absolute atomic E-state index is 10.7. The molecule has 0 bridgehead atoms. The minimum Gasteiger partial charge on any atom is -0.399 e. The summed E-state index contributed by atoms with van der Waals surface area (Å²) in [5.74, 6) is 0.840. The summed E-state index contributed by atoms with van der Waals surface area (Å²) in [7, 11) is 0. The molecular weight excluding hydrogens is 218 g/mol. The molecule has 3 heteroatoms. The van der Waals surface area contributed by atoms with E-state index in [1.165, 1.54) is 17.3 Å². The highest BCUT2D eigenvalue weighted by Gasteiger charge is 1.95. The fourth-order valence-electron chi connectivity index (χ4n) is 1.32. The molecule has 0 unspecified atom stereocenters. The van der Waals surface area contributed by atoms with E-state index in [0.29, 0.717) is 0 Å². The summed E-state index contributed by atoms with van der Waals surface area (Å²) < 4.78 is 0. The molecule has 16 heavy (non-hydrogen) atoms. The third-order valence-electron chi connectivity index (χ3n) is 2.19. The molecule has 0 radical (unpaired) electrons. The Bertz CT molecular complexity index is 399. The molecular formula is C13H17NOS. The van der Waals surface area contributed by atoms with Crippen molar-refractivity contribution in [2.45, 2.75) is 20.3 Å². The van der Waals surface area contributed by atoms with Gasteiger partial charge in [-0.3, -0.25) is 4.79 Å². The van der Waals surface area contributed by atoms with Gasteiger partial charge in [0.25, 0.3) is 0 Å². The topological polar surface area (TPSA) is 43.1 Å². The van der Waals surface area contributed by atoms with Crippen molar-refractivity contribution < 1.29 is 4.79 Å². The van der Waals surface area contributed by atoms with Crippen LogP contribution in [0.15, 0.2) is 24.3 Å². The van der Waals surface area contributed by atoms with Crippen LogP contribution in [0.5, 0.6) is 0 Å². The predicted octanol–water partition coefficient (Wildman–Crippen LogP) is 3.26. The molecule has 0 aromatic heterocycles. The zero-order valence-electron chi connectivity index (χ0n) is 9.69. The Morgan fingerprint density at radius 2 is 2.25 bits per heavy atom. The van der Waals surface area contributed by atoms with Crippen LogP contribution in [0.4, 0.5) is 5.69 Å². The summed E-state index contributed by atoms with van der Waals surface area (Å²) in [5.41, 5.74) is 8.85. The lowest BCUT2D eigenvalue weighted by atomic mass is 10.1. The van der Waals surface area contributed by atoms with Crippen molar-refractivity contribution in [2.24, 2.45) is 0 Å². The molecule has 0 heterocycles. The maximum Gasteiger partial charge on any atom is 0.185 e. The number of allylic oxidation sites excluding steroid dienone is 1. The van der Waals surface area contributed by atoms with Crippen LogP contribution < -0.4 is 5.73 Å². The van der Waals surface area contributed by atoms with Gasteiger partial charge in [-0.2, -0.15) is 0 Å². The summed E-state index contributed by atoms with van der Waals surface area (Å²) in [6.45, 7) is 3.65. The lowest BCUT2D eigenvalue weighted by molar-refractivity contribution is -0.109. The molecule has 0 fully saturated rings. The van der Waals surface area contributed by atoms with Gasteiger partial charge in [-0.1, -0.05) is 30.0 Å². The third-order valence-corrected chi connectivity index (χ3v) is 3.04. The number of thioether (sulfide) groups is 1. The first-order valence-electron chi connectivity index (χ1n) is 5.25. The van der Waals surface area contributed by atoms with E-state index < -0.39 is 0 Å². The number of hydrogen-bond donors (Lipinski definition) is 1. The van der Waals surface area contributed by atoms with Crippen LogP contribution in [0.1, 0.15) is 24.5 Å². The van der Waals surface area contributed by atoms with Crippen molar-refractivity contribution in [2.75, 3.05) is 11.5 Å². The number of nitrogens with two attached hydrogens (primary N) is 1. The molecule has 1 aromatic rings. The van der Waals surface area contributed by atoms with Crippen LogP contribution in [-0.4, -0.2) is 10.9 Å². The second-order valence-electron chi connectivity index (χ2n) is 3.65. The summed E-state index contributed by atoms with van der Waals surface area (Å²) >= 11 is 1.36. The second-order valence-corrected chi connectivity index (χ2v) is 4.92. The van der Waals surface area contributed by atoms with E-state index in [4.69, 9.17) is 5.73 Å². The van der Waals surface area contributed by atoms with Gasteiger partial charge in [-0.25, -0.2) is 0 Å². The number of carbonyl (C=O) groups excluding carboxylic acids is 1. The Hall–Kier alpha value is -1.22. The molecule has 1 rings (SSSR count). The highest BCUT2D eigenvalue weighted by atomic mass is 32.2. The molecule has 2 nitrogen and oxygen atoms in total. The van der Waals surface area contributed by atoms with Gasteiger partial charge in [-0.15, -0.1) is 0 Å². The van der Waals surface area contributed by atoms with E-state index in [9.17, 15) is 4.79 Å². The van der Waals surface area contributed by atoms with Crippen LogP contribution in [0.3, 0.4) is 0 Å². The average Bonchev–Trinajstić information content (AvgIpc) is 2.22. The number of nitrogen functional groups attached to an aromatic ring is 1. The normalized spacial score (nSPS) is 10.9. The molecule has 0 aliphatic heterocycles. The van der Waals surface area contributed by atoms with Crippen molar-refractivity contribution in [3.05, 3.63) is 35.4 Å². The fraction of sp³-hybridized carbons (Fsp3) is 0.308. The molecule has 0 saturated carbocycles. The van der Waals surface area contributed by atoms with Crippen molar-refractivity contribution >= 4 is 28.6 Å². The van der Waals surface area contributed by atoms with Crippen LogP contribution in [-0.2, 0) is 4.79 Å². The Morgan fingerprint density at radius 1 is 1.50 bits per heavy atom. The number of aryl methyl sites for hydroxylation is 1. The van der Waals surface area contributed by atoms with Gasteiger partial charge >= 0.3 is 0 Å². The first-order valence-corrected chi connectivity index (χ1v) is 6.24. The van der Waals surface area contributed by atoms with E-state index in [2.05, 4.69) is 19.1 Å². The van der Waals surface area contributed by atoms with E-state index in [1.54, 1.807) is 6.92 Å². The Morgan fingerprint density at radius 3 is 2.94 bits per heavy atom. The van der Waals surface area contributed by atoms with Crippen molar-refractivity contribution in [1.29, 1.82) is 0 Å². The van der Waals surface area contributed by atoms with E-state index >= 15 is 0 Å². The second kappa shape index (κ2) is 6.38. The minimum absolute atomic E-state index is 0.175. The molecule has 1 aromatic carbocycles. The van der Waals surface area contributed by atoms with Gasteiger partial charge in [0.15, 0.2) is 5.12 Å². The smallest absolute Gasteiger partial charge is 0.185 e. The van der Waals surface area contributed by atoms with Gasteiger partial charge in [0.1, 0.15) is 0 Å². The van der Waals surface area contributed by atoms with Gasteiger partial charge in [-0.05, 0) is 36.6 Å². The van der Waals surface area contributed by atoms with Crippen molar-refractivity contribution in [3.8, 4) is 0 Å². The number of carbonyl (C=O) groups is 1. The van der Waals surface area contributed by atoms with E-state index in [-0.39, 0.29) is 5.12 Å². The Kier molecular flexibility index (Phi) is 5.12. The number of rotatable bonds is 4. The number of benzene rings is 1. The van der Waals surface area contributed by atoms with E-state index in [0.717, 1.165) is 23.4 Å². The van der Waals surface area contributed by atoms with E-state index in [1.807, 2.05) is 18.2 Å². The first kappa shape index (κ1) is 12.8. The molecule has 0 spiro atoms. The zero-order chi connectivity index (χ0) is 12.0. The largest absolute Gasteiger partial charge is 0.399 e. The minimum atomic E-state index is 0.175. The van der Waals surface area contributed by atoms with Crippen LogP contribution in [0.2, 0.25) is 0 Å². The summed E-state index contributed by atoms with van der Waals surface area (Å²) in [6.07, 6.45) is 5.04. The van der Waals surface area contributed by atoms with Gasteiger partial charge in [0, 0.05) is 18.4 Å².